The van der Waals surface area contributed by atoms with Crippen molar-refractivity contribution in [1.82, 2.24) is 0 Å². The van der Waals surface area contributed by atoms with Gasteiger partial charge in [0.25, 0.3) is 0 Å². The quantitative estimate of drug-likeness (QED) is 0.507. The van der Waals surface area contributed by atoms with E-state index in [9.17, 15) is 4.79 Å². The van der Waals surface area contributed by atoms with Crippen LogP contribution in [0.3, 0.4) is 0 Å². The molecule has 0 saturated carbocycles. The monoisotopic (exact) mass is 302 g/mol. The average Bonchev–Trinajstić information content (AvgIpc) is 2.61. The van der Waals surface area contributed by atoms with Gasteiger partial charge in [0.15, 0.2) is 5.43 Å². The number of fused-ring (bicyclic) bond motifs is 3. The van der Waals surface area contributed by atoms with Gasteiger partial charge in [-0.3, -0.25) is 4.79 Å². The van der Waals surface area contributed by atoms with E-state index in [-0.39, 0.29) is 5.43 Å². The van der Waals surface area contributed by atoms with Crippen LogP contribution in [0.5, 0.6) is 5.75 Å². The van der Waals surface area contributed by atoms with Crippen LogP contribution >= 0.6 is 0 Å². The summed E-state index contributed by atoms with van der Waals surface area (Å²) in [5.41, 5.74) is 1.32. The standard InChI is InChI=1S/C20H14O3/c1-22-18-9-5-4-8-16(18)19-12-17(21)15-11-10-13-6-2-3-7-14(13)20(15)23-19/h2-12H,1H3. The molecule has 0 bridgehead atoms. The number of methoxy groups -OCH3 is 1. The predicted octanol–water partition coefficient (Wildman–Crippen LogP) is 4.62. The van der Waals surface area contributed by atoms with Crippen LogP contribution in [-0.4, -0.2) is 7.11 Å². The lowest BCUT2D eigenvalue weighted by Crippen LogP contribution is -2.01. The van der Waals surface area contributed by atoms with Crippen molar-refractivity contribution in [3.8, 4) is 17.1 Å². The summed E-state index contributed by atoms with van der Waals surface area (Å²) in [6, 6.07) is 20.7. The summed E-state index contributed by atoms with van der Waals surface area (Å²) < 4.78 is 11.5. The van der Waals surface area contributed by atoms with Crippen LogP contribution in [0, 0.1) is 0 Å². The smallest absolute Gasteiger partial charge is 0.193 e. The average molecular weight is 302 g/mol. The van der Waals surface area contributed by atoms with Crippen molar-refractivity contribution in [3.05, 3.63) is 77.0 Å². The first-order valence-corrected chi connectivity index (χ1v) is 7.37. The van der Waals surface area contributed by atoms with Crippen molar-refractivity contribution in [3.63, 3.8) is 0 Å². The van der Waals surface area contributed by atoms with Crippen LogP contribution in [0.25, 0.3) is 33.1 Å². The minimum absolute atomic E-state index is 0.0575. The molecule has 0 aliphatic heterocycles. The Hall–Kier alpha value is -3.07. The van der Waals surface area contributed by atoms with Crippen LogP contribution in [-0.2, 0) is 0 Å². The molecule has 4 aromatic rings. The molecule has 0 spiro atoms. The summed E-state index contributed by atoms with van der Waals surface area (Å²) in [5, 5.41) is 2.56. The zero-order chi connectivity index (χ0) is 15.8. The van der Waals surface area contributed by atoms with Gasteiger partial charge in [0.1, 0.15) is 17.1 Å². The lowest BCUT2D eigenvalue weighted by atomic mass is 10.1. The number of benzene rings is 3. The maximum absolute atomic E-state index is 12.5. The van der Waals surface area contributed by atoms with Crippen LogP contribution < -0.4 is 10.2 Å². The number of ether oxygens (including phenoxy) is 1. The topological polar surface area (TPSA) is 39.4 Å². The SMILES string of the molecule is COc1ccccc1-c1cc(=O)c2ccc3ccccc3c2o1. The van der Waals surface area contributed by atoms with Crippen LogP contribution in [0.15, 0.2) is 75.9 Å². The highest BCUT2D eigenvalue weighted by Gasteiger charge is 2.12. The lowest BCUT2D eigenvalue weighted by Gasteiger charge is -2.09. The molecule has 0 atom stereocenters. The highest BCUT2D eigenvalue weighted by atomic mass is 16.5. The largest absolute Gasteiger partial charge is 0.496 e. The van der Waals surface area contributed by atoms with Gasteiger partial charge < -0.3 is 9.15 Å². The van der Waals surface area contributed by atoms with E-state index in [0.29, 0.717) is 22.5 Å². The van der Waals surface area contributed by atoms with E-state index < -0.39 is 0 Å². The Kier molecular flexibility index (Phi) is 3.12. The van der Waals surface area contributed by atoms with Gasteiger partial charge >= 0.3 is 0 Å². The van der Waals surface area contributed by atoms with Crippen molar-refractivity contribution >= 4 is 21.7 Å². The molecular formula is C20H14O3. The fourth-order valence-electron chi connectivity index (χ4n) is 2.86. The molecule has 112 valence electrons. The minimum atomic E-state index is -0.0575. The van der Waals surface area contributed by atoms with E-state index in [1.54, 1.807) is 7.11 Å². The van der Waals surface area contributed by atoms with E-state index in [1.165, 1.54) is 6.07 Å². The third-order valence-corrected chi connectivity index (χ3v) is 3.99. The molecule has 1 aromatic heterocycles. The molecule has 4 rings (SSSR count). The summed E-state index contributed by atoms with van der Waals surface area (Å²) in [6.45, 7) is 0. The fraction of sp³-hybridized carbons (Fsp3) is 0.0500. The zero-order valence-corrected chi connectivity index (χ0v) is 12.6. The first kappa shape index (κ1) is 13.6. The Bertz CT molecular complexity index is 1080. The van der Waals surface area contributed by atoms with Crippen molar-refractivity contribution < 1.29 is 9.15 Å². The van der Waals surface area contributed by atoms with Gasteiger partial charge in [-0.25, -0.2) is 0 Å². The van der Waals surface area contributed by atoms with E-state index in [4.69, 9.17) is 9.15 Å². The van der Waals surface area contributed by atoms with Gasteiger partial charge in [-0.15, -0.1) is 0 Å². The summed E-state index contributed by atoms with van der Waals surface area (Å²) in [5.74, 6) is 1.19. The second-order valence-electron chi connectivity index (χ2n) is 5.34. The molecule has 1 heterocycles. The van der Waals surface area contributed by atoms with Crippen molar-refractivity contribution in [2.24, 2.45) is 0 Å². The molecule has 23 heavy (non-hydrogen) atoms. The normalized spacial score (nSPS) is 11.0. The molecule has 0 radical (unpaired) electrons. The Labute approximate surface area is 132 Å². The van der Waals surface area contributed by atoms with Gasteiger partial charge in [-0.1, -0.05) is 42.5 Å². The van der Waals surface area contributed by atoms with Gasteiger partial charge in [-0.05, 0) is 23.6 Å². The molecule has 0 N–H and O–H groups in total. The van der Waals surface area contributed by atoms with Crippen LogP contribution in [0.2, 0.25) is 0 Å². The molecule has 3 heteroatoms. The second-order valence-corrected chi connectivity index (χ2v) is 5.34. The van der Waals surface area contributed by atoms with Gasteiger partial charge in [0.2, 0.25) is 0 Å². The zero-order valence-electron chi connectivity index (χ0n) is 12.6. The molecule has 3 nitrogen and oxygen atoms in total. The van der Waals surface area contributed by atoms with Crippen molar-refractivity contribution in [1.29, 1.82) is 0 Å². The lowest BCUT2D eigenvalue weighted by molar-refractivity contribution is 0.415. The van der Waals surface area contributed by atoms with Gasteiger partial charge in [0.05, 0.1) is 18.1 Å². The maximum atomic E-state index is 12.5. The first-order chi connectivity index (χ1) is 11.3. The van der Waals surface area contributed by atoms with Crippen LogP contribution in [0.1, 0.15) is 0 Å². The molecule has 0 amide bonds. The molecule has 0 fully saturated rings. The van der Waals surface area contributed by atoms with Crippen LogP contribution in [0.4, 0.5) is 0 Å². The third-order valence-electron chi connectivity index (χ3n) is 3.99. The van der Waals surface area contributed by atoms with E-state index in [2.05, 4.69) is 0 Å². The molecule has 3 aromatic carbocycles. The van der Waals surface area contributed by atoms with Crippen molar-refractivity contribution in [2.45, 2.75) is 0 Å². The fourth-order valence-corrected chi connectivity index (χ4v) is 2.86. The summed E-state index contributed by atoms with van der Waals surface area (Å²) in [4.78, 5) is 12.5. The predicted molar refractivity (Wildman–Crippen MR) is 92.0 cm³/mol. The Morgan fingerprint density at radius 3 is 2.52 bits per heavy atom. The molecule has 0 aliphatic rings. The molecular weight excluding hydrogens is 288 g/mol. The minimum Gasteiger partial charge on any atom is -0.496 e. The molecule has 0 aliphatic carbocycles. The van der Waals surface area contributed by atoms with E-state index in [0.717, 1.165) is 16.3 Å². The Morgan fingerprint density at radius 1 is 0.870 bits per heavy atom. The van der Waals surface area contributed by atoms with Crippen molar-refractivity contribution in [2.75, 3.05) is 7.11 Å². The maximum Gasteiger partial charge on any atom is 0.193 e. The third kappa shape index (κ3) is 2.18. The molecule has 0 unspecified atom stereocenters. The highest BCUT2D eigenvalue weighted by Crippen LogP contribution is 2.32. The second kappa shape index (κ2) is 5.29. The van der Waals surface area contributed by atoms with Gasteiger partial charge in [-0.2, -0.15) is 0 Å². The first-order valence-electron chi connectivity index (χ1n) is 7.37. The number of hydrogen-bond donors (Lipinski definition) is 0. The molecule has 0 saturated heterocycles. The summed E-state index contributed by atoms with van der Waals surface area (Å²) in [6.07, 6.45) is 0. The Morgan fingerprint density at radius 2 is 1.65 bits per heavy atom. The van der Waals surface area contributed by atoms with E-state index in [1.807, 2.05) is 60.7 Å². The number of hydrogen-bond acceptors (Lipinski definition) is 3. The Balaban J connectivity index is 2.10. The highest BCUT2D eigenvalue weighted by molar-refractivity contribution is 6.04. The number of rotatable bonds is 2. The van der Waals surface area contributed by atoms with Gasteiger partial charge in [0, 0.05) is 11.5 Å². The summed E-state index contributed by atoms with van der Waals surface area (Å²) >= 11 is 0. The number of para-hydroxylation sites is 1. The van der Waals surface area contributed by atoms with E-state index >= 15 is 0 Å². The summed E-state index contributed by atoms with van der Waals surface area (Å²) in [7, 11) is 1.60.